The average Bonchev–Trinajstić information content (AvgIpc) is 2.99. The maximum Gasteiger partial charge on any atom is 0.136 e. The molecular weight excluding hydrogens is 360 g/mol. The van der Waals surface area contributed by atoms with Crippen LogP contribution in [-0.2, 0) is 0 Å². The average molecular weight is 373 g/mol. The van der Waals surface area contributed by atoms with Gasteiger partial charge in [0.05, 0.1) is 0 Å². The first-order chi connectivity index (χ1) is 11.8. The highest BCUT2D eigenvalue weighted by Crippen LogP contribution is 2.37. The van der Waals surface area contributed by atoms with Crippen molar-refractivity contribution >= 4 is 48.6 Å². The third kappa shape index (κ3) is 2.07. The molecule has 0 radical (unpaired) electrons. The number of benzene rings is 4. The third-order valence-corrected chi connectivity index (χ3v) is 5.01. The van der Waals surface area contributed by atoms with Gasteiger partial charge in [-0.25, -0.2) is 0 Å². The first kappa shape index (κ1) is 13.8. The van der Waals surface area contributed by atoms with E-state index in [9.17, 15) is 0 Å². The molecule has 1 nitrogen and oxygen atoms in total. The maximum absolute atomic E-state index is 6.01. The Kier molecular flexibility index (Phi) is 3.00. The Balaban J connectivity index is 1.85. The van der Waals surface area contributed by atoms with E-state index in [0.29, 0.717) is 0 Å². The lowest BCUT2D eigenvalue weighted by Gasteiger charge is -2.06. The van der Waals surface area contributed by atoms with Crippen LogP contribution in [0.1, 0.15) is 0 Å². The number of furan rings is 1. The Morgan fingerprint density at radius 1 is 0.667 bits per heavy atom. The zero-order valence-electron chi connectivity index (χ0n) is 12.8. The molecule has 0 unspecified atom stereocenters. The predicted octanol–water partition coefficient (Wildman–Crippen LogP) is 7.17. The first-order valence-electron chi connectivity index (χ1n) is 7.89. The number of hydrogen-bond donors (Lipinski definition) is 0. The number of rotatable bonds is 1. The van der Waals surface area contributed by atoms with E-state index in [1.165, 1.54) is 27.3 Å². The van der Waals surface area contributed by atoms with Crippen molar-refractivity contribution in [1.82, 2.24) is 0 Å². The number of para-hydroxylation sites is 1. The molecule has 1 heterocycles. The second-order valence-corrected chi connectivity index (χ2v) is 6.90. The summed E-state index contributed by atoms with van der Waals surface area (Å²) in [6.07, 6.45) is 0. The molecule has 0 atom stereocenters. The summed E-state index contributed by atoms with van der Waals surface area (Å²) < 4.78 is 7.11. The van der Waals surface area contributed by atoms with Gasteiger partial charge in [-0.1, -0.05) is 64.5 Å². The summed E-state index contributed by atoms with van der Waals surface area (Å²) in [6.45, 7) is 0. The fourth-order valence-corrected chi connectivity index (χ4v) is 3.78. The lowest BCUT2D eigenvalue weighted by molar-refractivity contribution is 0.669. The molecule has 0 saturated heterocycles. The maximum atomic E-state index is 6.01. The van der Waals surface area contributed by atoms with Crippen LogP contribution >= 0.6 is 15.9 Å². The summed E-state index contributed by atoms with van der Waals surface area (Å²) >= 11 is 3.56. The van der Waals surface area contributed by atoms with Crippen LogP contribution in [0.5, 0.6) is 0 Å². The molecule has 0 fully saturated rings. The van der Waals surface area contributed by atoms with Crippen LogP contribution in [0, 0.1) is 0 Å². The normalized spacial score (nSPS) is 11.5. The Morgan fingerprint density at radius 3 is 2.46 bits per heavy atom. The topological polar surface area (TPSA) is 13.1 Å². The van der Waals surface area contributed by atoms with Crippen molar-refractivity contribution in [1.29, 1.82) is 0 Å². The highest BCUT2D eigenvalue weighted by Gasteiger charge is 2.12. The fourth-order valence-electron chi connectivity index (χ4n) is 3.40. The highest BCUT2D eigenvalue weighted by molar-refractivity contribution is 9.10. The quantitative estimate of drug-likeness (QED) is 0.304. The van der Waals surface area contributed by atoms with Gasteiger partial charge >= 0.3 is 0 Å². The van der Waals surface area contributed by atoms with Crippen molar-refractivity contribution in [2.75, 3.05) is 0 Å². The SMILES string of the molecule is Brc1ccc2ccc(-c3cccc4oc5ccccc5c34)cc2c1. The molecule has 0 saturated carbocycles. The van der Waals surface area contributed by atoms with Crippen molar-refractivity contribution in [3.8, 4) is 11.1 Å². The van der Waals surface area contributed by atoms with Crippen LogP contribution in [0.25, 0.3) is 43.8 Å². The first-order valence-corrected chi connectivity index (χ1v) is 8.69. The zero-order valence-corrected chi connectivity index (χ0v) is 14.4. The molecule has 2 heteroatoms. The van der Waals surface area contributed by atoms with Gasteiger partial charge in [-0.3, -0.25) is 0 Å². The molecule has 5 rings (SSSR count). The molecule has 114 valence electrons. The molecule has 24 heavy (non-hydrogen) atoms. The molecule has 1 aromatic heterocycles. The molecule has 4 aromatic carbocycles. The standard InChI is InChI=1S/C22H13BrO/c23-17-11-10-14-8-9-15(12-16(14)13-17)18-5-3-7-21-22(18)19-4-1-2-6-20(19)24-21/h1-13H. The van der Waals surface area contributed by atoms with Crippen LogP contribution in [-0.4, -0.2) is 0 Å². The van der Waals surface area contributed by atoms with Crippen molar-refractivity contribution in [2.24, 2.45) is 0 Å². The fraction of sp³-hybridized carbons (Fsp3) is 0. The van der Waals surface area contributed by atoms with E-state index in [0.717, 1.165) is 21.0 Å². The largest absolute Gasteiger partial charge is 0.456 e. The Morgan fingerprint density at radius 2 is 1.50 bits per heavy atom. The smallest absolute Gasteiger partial charge is 0.136 e. The highest BCUT2D eigenvalue weighted by atomic mass is 79.9. The minimum Gasteiger partial charge on any atom is -0.456 e. The van der Waals surface area contributed by atoms with Crippen LogP contribution in [0.3, 0.4) is 0 Å². The number of halogens is 1. The van der Waals surface area contributed by atoms with Crippen molar-refractivity contribution in [3.63, 3.8) is 0 Å². The molecule has 0 aliphatic carbocycles. The van der Waals surface area contributed by atoms with Gasteiger partial charge in [0, 0.05) is 15.2 Å². The summed E-state index contributed by atoms with van der Waals surface area (Å²) in [6, 6.07) is 27.5. The Labute approximate surface area is 147 Å². The summed E-state index contributed by atoms with van der Waals surface area (Å²) in [4.78, 5) is 0. The second-order valence-electron chi connectivity index (χ2n) is 5.98. The Hall–Kier alpha value is -2.58. The van der Waals surface area contributed by atoms with E-state index < -0.39 is 0 Å². The summed E-state index contributed by atoms with van der Waals surface area (Å²) in [7, 11) is 0. The summed E-state index contributed by atoms with van der Waals surface area (Å²) in [5, 5.41) is 4.82. The number of hydrogen-bond acceptors (Lipinski definition) is 1. The molecule has 0 aliphatic heterocycles. The van der Waals surface area contributed by atoms with Gasteiger partial charge in [0.15, 0.2) is 0 Å². The van der Waals surface area contributed by atoms with E-state index in [-0.39, 0.29) is 0 Å². The molecule has 0 bridgehead atoms. The molecule has 0 spiro atoms. The molecule has 0 aliphatic rings. The minimum absolute atomic E-state index is 0.933. The molecular formula is C22H13BrO. The van der Waals surface area contributed by atoms with Gasteiger partial charge < -0.3 is 4.42 Å². The van der Waals surface area contributed by atoms with Crippen molar-refractivity contribution in [2.45, 2.75) is 0 Å². The lowest BCUT2D eigenvalue weighted by atomic mass is 9.97. The van der Waals surface area contributed by atoms with Gasteiger partial charge in [-0.2, -0.15) is 0 Å². The zero-order chi connectivity index (χ0) is 16.1. The third-order valence-electron chi connectivity index (χ3n) is 4.52. The van der Waals surface area contributed by atoms with Crippen LogP contribution in [0.4, 0.5) is 0 Å². The van der Waals surface area contributed by atoms with E-state index in [2.05, 4.69) is 76.6 Å². The summed E-state index contributed by atoms with van der Waals surface area (Å²) in [5.74, 6) is 0. The van der Waals surface area contributed by atoms with E-state index in [1.807, 2.05) is 18.2 Å². The monoisotopic (exact) mass is 372 g/mol. The Bertz CT molecular complexity index is 1220. The van der Waals surface area contributed by atoms with Gasteiger partial charge in [-0.15, -0.1) is 0 Å². The molecule has 0 N–H and O–H groups in total. The van der Waals surface area contributed by atoms with E-state index in [1.54, 1.807) is 0 Å². The van der Waals surface area contributed by atoms with Gasteiger partial charge in [0.1, 0.15) is 11.2 Å². The van der Waals surface area contributed by atoms with Crippen LogP contribution in [0.15, 0.2) is 87.8 Å². The minimum atomic E-state index is 0.933. The van der Waals surface area contributed by atoms with Gasteiger partial charge in [0.2, 0.25) is 0 Å². The van der Waals surface area contributed by atoms with Gasteiger partial charge in [0.25, 0.3) is 0 Å². The summed E-state index contributed by atoms with van der Waals surface area (Å²) in [5.41, 5.74) is 4.28. The lowest BCUT2D eigenvalue weighted by Crippen LogP contribution is -1.81. The molecule has 5 aromatic rings. The van der Waals surface area contributed by atoms with Crippen molar-refractivity contribution in [3.05, 3.63) is 83.3 Å². The van der Waals surface area contributed by atoms with Crippen molar-refractivity contribution < 1.29 is 4.42 Å². The van der Waals surface area contributed by atoms with E-state index in [4.69, 9.17) is 4.42 Å². The molecule has 0 amide bonds. The van der Waals surface area contributed by atoms with Crippen LogP contribution in [0.2, 0.25) is 0 Å². The van der Waals surface area contributed by atoms with Gasteiger partial charge in [-0.05, 0) is 52.2 Å². The second kappa shape index (κ2) is 5.22. The van der Waals surface area contributed by atoms with Crippen LogP contribution < -0.4 is 0 Å². The van der Waals surface area contributed by atoms with E-state index >= 15 is 0 Å². The number of fused-ring (bicyclic) bond motifs is 4. The predicted molar refractivity (Wildman–Crippen MR) is 104 cm³/mol.